The molecule has 2 nitrogen and oxygen atoms in total. The van der Waals surface area contributed by atoms with Crippen LogP contribution in [0.4, 0.5) is 0 Å². The maximum atomic E-state index is 2.47. The van der Waals surface area contributed by atoms with Crippen molar-refractivity contribution in [2.24, 2.45) is 0 Å². The summed E-state index contributed by atoms with van der Waals surface area (Å²) in [6.07, 6.45) is 0. The highest BCUT2D eigenvalue weighted by atomic mass is 28.3. The highest BCUT2D eigenvalue weighted by Crippen LogP contribution is 2.44. The molecular weight excluding hydrogens is 705 g/mol. The Kier molecular flexibility index (Phi) is 7.87. The summed E-state index contributed by atoms with van der Waals surface area (Å²) in [5.74, 6) is 0. The van der Waals surface area contributed by atoms with Gasteiger partial charge in [-0.1, -0.05) is 188 Å². The Morgan fingerprint density at radius 3 is 1.32 bits per heavy atom. The molecule has 2 heterocycles. The zero-order valence-corrected chi connectivity index (χ0v) is 32.3. The Balaban J connectivity index is 1.23. The van der Waals surface area contributed by atoms with Gasteiger partial charge in [-0.05, 0) is 74.3 Å². The van der Waals surface area contributed by atoms with Gasteiger partial charge in [0.2, 0.25) is 0 Å². The molecule has 0 unspecified atom stereocenters. The lowest BCUT2D eigenvalue weighted by Gasteiger charge is -2.34. The molecule has 0 bridgehead atoms. The van der Waals surface area contributed by atoms with Crippen LogP contribution >= 0.6 is 0 Å². The van der Waals surface area contributed by atoms with Gasteiger partial charge in [0.05, 0.1) is 22.1 Å². The van der Waals surface area contributed by atoms with E-state index in [1.165, 1.54) is 75.5 Å². The second-order valence-electron chi connectivity index (χ2n) is 14.8. The Morgan fingerprint density at radius 2 is 0.737 bits per heavy atom. The standard InChI is InChI=1S/C54H38N2Si/c1-6-19-40(20-7-1)55-50-32-18-30-46(52(50)53-51(55)38-37-48-47-29-16-17-31-49(47)56(54(48)53)41-21-8-2-9-22-41)39-33-35-45(36-34-39)57(42-23-10-3-11-24-42,43-25-12-4-13-26-43)44-27-14-5-15-28-44/h1-38H. The molecule has 0 spiro atoms. The van der Waals surface area contributed by atoms with E-state index in [2.05, 4.69) is 240 Å². The van der Waals surface area contributed by atoms with Crippen molar-refractivity contribution in [2.45, 2.75) is 0 Å². The lowest BCUT2D eigenvalue weighted by molar-refractivity contribution is 1.17. The molecule has 11 aromatic rings. The number of fused-ring (bicyclic) bond motifs is 7. The summed E-state index contributed by atoms with van der Waals surface area (Å²) in [5, 5.41) is 10.5. The highest BCUT2D eigenvalue weighted by Gasteiger charge is 2.41. The predicted molar refractivity (Wildman–Crippen MR) is 244 cm³/mol. The monoisotopic (exact) mass is 742 g/mol. The normalized spacial score (nSPS) is 11.9. The molecule has 9 aromatic carbocycles. The molecule has 2 aromatic heterocycles. The van der Waals surface area contributed by atoms with E-state index >= 15 is 0 Å². The van der Waals surface area contributed by atoms with Crippen LogP contribution in [0.2, 0.25) is 0 Å². The first-order valence-corrected chi connectivity index (χ1v) is 21.7. The van der Waals surface area contributed by atoms with Gasteiger partial charge >= 0.3 is 0 Å². The highest BCUT2D eigenvalue weighted by molar-refractivity contribution is 7.19. The van der Waals surface area contributed by atoms with Crippen LogP contribution in [0.1, 0.15) is 0 Å². The first-order chi connectivity index (χ1) is 28.3. The maximum Gasteiger partial charge on any atom is 0.179 e. The molecule has 0 amide bonds. The van der Waals surface area contributed by atoms with Crippen LogP contribution in [0.3, 0.4) is 0 Å². The molecule has 0 aliphatic rings. The van der Waals surface area contributed by atoms with Crippen LogP contribution in [-0.2, 0) is 0 Å². The summed E-state index contributed by atoms with van der Waals surface area (Å²) < 4.78 is 4.92. The van der Waals surface area contributed by atoms with Crippen LogP contribution < -0.4 is 20.7 Å². The molecule has 0 fully saturated rings. The largest absolute Gasteiger partial charge is 0.309 e. The molecule has 0 saturated heterocycles. The van der Waals surface area contributed by atoms with Crippen molar-refractivity contribution in [1.29, 1.82) is 0 Å². The molecule has 11 rings (SSSR count). The van der Waals surface area contributed by atoms with E-state index in [0.29, 0.717) is 0 Å². The molecule has 57 heavy (non-hydrogen) atoms. The van der Waals surface area contributed by atoms with Crippen LogP contribution in [0.25, 0.3) is 66.1 Å². The Morgan fingerprint density at radius 1 is 0.281 bits per heavy atom. The van der Waals surface area contributed by atoms with E-state index in [1.54, 1.807) is 0 Å². The molecule has 0 atom stereocenters. The van der Waals surface area contributed by atoms with E-state index in [4.69, 9.17) is 0 Å². The number of hydrogen-bond donors (Lipinski definition) is 0. The lowest BCUT2D eigenvalue weighted by atomic mass is 9.98. The first kappa shape index (κ1) is 33.2. The predicted octanol–water partition coefficient (Wildman–Crippen LogP) is 10.9. The van der Waals surface area contributed by atoms with Crippen molar-refractivity contribution in [3.8, 4) is 22.5 Å². The summed E-state index contributed by atoms with van der Waals surface area (Å²) in [5.41, 5.74) is 9.55. The summed E-state index contributed by atoms with van der Waals surface area (Å²) in [7, 11) is -2.67. The van der Waals surface area contributed by atoms with Gasteiger partial charge in [-0.3, -0.25) is 0 Å². The summed E-state index contributed by atoms with van der Waals surface area (Å²) >= 11 is 0. The molecule has 0 saturated carbocycles. The second kappa shape index (κ2) is 13.5. The SMILES string of the molecule is c1ccc(-n2c3cccc(-c4ccc([Si](c5ccccc5)(c5ccccc5)c5ccccc5)cc4)c3c3c2ccc2c4ccccc4n(-c4ccccc4)c23)cc1. The van der Waals surface area contributed by atoms with Gasteiger partial charge in [0.15, 0.2) is 8.07 Å². The third-order valence-corrected chi connectivity index (χ3v) is 16.7. The molecule has 268 valence electrons. The minimum Gasteiger partial charge on any atom is -0.309 e. The summed E-state index contributed by atoms with van der Waals surface area (Å²) in [6, 6.07) is 85.1. The Labute approximate surface area is 333 Å². The van der Waals surface area contributed by atoms with Crippen molar-refractivity contribution in [3.63, 3.8) is 0 Å². The number of rotatable bonds is 7. The zero-order chi connectivity index (χ0) is 37.8. The summed E-state index contributed by atoms with van der Waals surface area (Å²) in [4.78, 5) is 0. The fourth-order valence-electron chi connectivity index (χ4n) is 9.50. The second-order valence-corrected chi connectivity index (χ2v) is 18.6. The van der Waals surface area contributed by atoms with Crippen LogP contribution in [0.5, 0.6) is 0 Å². The number of benzene rings is 9. The van der Waals surface area contributed by atoms with E-state index in [9.17, 15) is 0 Å². The molecule has 0 radical (unpaired) electrons. The van der Waals surface area contributed by atoms with Crippen molar-refractivity contribution in [1.82, 2.24) is 9.13 Å². The number of nitrogens with zero attached hydrogens (tertiary/aromatic N) is 2. The Bertz CT molecular complexity index is 3090. The number of hydrogen-bond acceptors (Lipinski definition) is 0. The van der Waals surface area contributed by atoms with Gasteiger partial charge in [-0.2, -0.15) is 0 Å². The first-order valence-electron chi connectivity index (χ1n) is 19.7. The fraction of sp³-hybridized carbons (Fsp3) is 0. The lowest BCUT2D eigenvalue weighted by Crippen LogP contribution is -2.74. The number of para-hydroxylation sites is 3. The minimum atomic E-state index is -2.67. The molecule has 0 aliphatic heterocycles. The minimum absolute atomic E-state index is 1.15. The van der Waals surface area contributed by atoms with Crippen molar-refractivity contribution in [3.05, 3.63) is 231 Å². The quantitative estimate of drug-likeness (QED) is 0.114. The Hall–Kier alpha value is -7.20. The van der Waals surface area contributed by atoms with Gasteiger partial charge < -0.3 is 9.13 Å². The van der Waals surface area contributed by atoms with Gasteiger partial charge in [-0.25, -0.2) is 0 Å². The average Bonchev–Trinajstić information content (AvgIpc) is 3.82. The van der Waals surface area contributed by atoms with Crippen molar-refractivity contribution >= 4 is 72.4 Å². The van der Waals surface area contributed by atoms with Crippen LogP contribution in [-0.4, -0.2) is 17.2 Å². The number of aromatic nitrogens is 2. The molecule has 0 N–H and O–H groups in total. The molecule has 3 heteroatoms. The van der Waals surface area contributed by atoms with Crippen LogP contribution in [0, 0.1) is 0 Å². The topological polar surface area (TPSA) is 9.86 Å². The van der Waals surface area contributed by atoms with E-state index < -0.39 is 8.07 Å². The third-order valence-electron chi connectivity index (χ3n) is 11.9. The molecule has 0 aliphatic carbocycles. The van der Waals surface area contributed by atoms with E-state index in [-0.39, 0.29) is 0 Å². The van der Waals surface area contributed by atoms with Crippen molar-refractivity contribution < 1.29 is 0 Å². The van der Waals surface area contributed by atoms with E-state index in [1.807, 2.05) is 0 Å². The van der Waals surface area contributed by atoms with Crippen molar-refractivity contribution in [2.75, 3.05) is 0 Å². The van der Waals surface area contributed by atoms with Gasteiger partial charge in [-0.15, -0.1) is 0 Å². The smallest absolute Gasteiger partial charge is 0.179 e. The van der Waals surface area contributed by atoms with Gasteiger partial charge in [0, 0.05) is 32.9 Å². The zero-order valence-electron chi connectivity index (χ0n) is 31.3. The fourth-order valence-corrected chi connectivity index (χ4v) is 14.2. The van der Waals surface area contributed by atoms with E-state index in [0.717, 1.165) is 11.4 Å². The van der Waals surface area contributed by atoms with Crippen LogP contribution in [0.15, 0.2) is 231 Å². The van der Waals surface area contributed by atoms with Gasteiger partial charge in [0.25, 0.3) is 0 Å². The molecular formula is C54H38N2Si. The van der Waals surface area contributed by atoms with Gasteiger partial charge in [0.1, 0.15) is 0 Å². The maximum absolute atomic E-state index is 2.67. The average molecular weight is 743 g/mol. The summed E-state index contributed by atoms with van der Waals surface area (Å²) in [6.45, 7) is 0. The third kappa shape index (κ3) is 5.10.